The normalized spacial score (nSPS) is 12.9. The summed E-state index contributed by atoms with van der Waals surface area (Å²) < 4.78 is 0. The van der Waals surface area contributed by atoms with Crippen LogP contribution in [-0.2, 0) is 6.42 Å². The summed E-state index contributed by atoms with van der Waals surface area (Å²) in [7, 11) is 2.04. The Morgan fingerprint density at radius 3 is 2.22 bits per heavy atom. The summed E-state index contributed by atoms with van der Waals surface area (Å²) >= 11 is 1.77. The number of thiophene rings is 1. The molecule has 1 heterocycles. The number of hydrogen-bond donors (Lipinski definition) is 1. The van der Waals surface area contributed by atoms with Crippen LogP contribution in [0.25, 0.3) is 0 Å². The van der Waals surface area contributed by atoms with Crippen molar-refractivity contribution in [2.75, 3.05) is 7.05 Å². The molecule has 1 unspecified atom stereocenters. The van der Waals surface area contributed by atoms with E-state index in [1.165, 1.54) is 16.7 Å². The summed E-state index contributed by atoms with van der Waals surface area (Å²) in [6.07, 6.45) is 1.06. The smallest absolute Gasteiger partial charge is 0.0358 e. The molecular formula is C16H21NS. The van der Waals surface area contributed by atoms with Gasteiger partial charge in [0.2, 0.25) is 0 Å². The van der Waals surface area contributed by atoms with Crippen molar-refractivity contribution in [1.29, 1.82) is 0 Å². The van der Waals surface area contributed by atoms with Gasteiger partial charge in [0.15, 0.2) is 0 Å². The third-order valence-electron chi connectivity index (χ3n) is 3.37. The van der Waals surface area contributed by atoms with Gasteiger partial charge in [0.1, 0.15) is 0 Å². The number of likely N-dealkylation sites (N-methyl/N-ethyl adjacent to an activating group) is 1. The van der Waals surface area contributed by atoms with E-state index < -0.39 is 0 Å². The van der Waals surface area contributed by atoms with Gasteiger partial charge in [-0.15, -0.1) is 0 Å². The lowest BCUT2D eigenvalue weighted by molar-refractivity contribution is 0.592. The minimum Gasteiger partial charge on any atom is -0.313 e. The maximum atomic E-state index is 3.41. The molecule has 0 spiro atoms. The first-order valence-electron chi connectivity index (χ1n) is 6.49. The van der Waals surface area contributed by atoms with Gasteiger partial charge in [-0.1, -0.05) is 38.1 Å². The summed E-state index contributed by atoms with van der Waals surface area (Å²) in [5, 5.41) is 7.78. The van der Waals surface area contributed by atoms with Gasteiger partial charge in [0, 0.05) is 6.04 Å². The molecular weight excluding hydrogens is 238 g/mol. The van der Waals surface area contributed by atoms with Crippen molar-refractivity contribution in [3.63, 3.8) is 0 Å². The lowest BCUT2D eigenvalue weighted by atomic mass is 9.96. The highest BCUT2D eigenvalue weighted by Gasteiger charge is 2.10. The Hall–Kier alpha value is -1.12. The summed E-state index contributed by atoms with van der Waals surface area (Å²) in [5.41, 5.74) is 4.18. The summed E-state index contributed by atoms with van der Waals surface area (Å²) in [5.74, 6) is 0.601. The van der Waals surface area contributed by atoms with Crippen molar-refractivity contribution in [1.82, 2.24) is 5.32 Å². The van der Waals surface area contributed by atoms with Gasteiger partial charge in [-0.25, -0.2) is 0 Å². The minimum atomic E-state index is 0.404. The number of nitrogens with one attached hydrogen (secondary N) is 1. The van der Waals surface area contributed by atoms with Crippen molar-refractivity contribution >= 4 is 11.3 Å². The van der Waals surface area contributed by atoms with Crippen LogP contribution in [0.2, 0.25) is 0 Å². The fourth-order valence-corrected chi connectivity index (χ4v) is 2.83. The second-order valence-electron chi connectivity index (χ2n) is 5.00. The van der Waals surface area contributed by atoms with Crippen LogP contribution in [0.3, 0.4) is 0 Å². The predicted molar refractivity (Wildman–Crippen MR) is 80.4 cm³/mol. The third-order valence-corrected chi connectivity index (χ3v) is 4.11. The maximum absolute atomic E-state index is 3.41. The van der Waals surface area contributed by atoms with E-state index in [0.29, 0.717) is 12.0 Å². The zero-order valence-electron chi connectivity index (χ0n) is 11.3. The molecule has 2 heteroatoms. The largest absolute Gasteiger partial charge is 0.313 e. The lowest BCUT2D eigenvalue weighted by Crippen LogP contribution is -2.18. The van der Waals surface area contributed by atoms with Crippen molar-refractivity contribution < 1.29 is 0 Å². The number of benzene rings is 1. The number of rotatable bonds is 5. The van der Waals surface area contributed by atoms with Crippen LogP contribution in [0.1, 0.15) is 42.5 Å². The average Bonchev–Trinajstić information content (AvgIpc) is 2.89. The predicted octanol–water partition coefficient (Wildman–Crippen LogP) is 4.37. The second kappa shape index (κ2) is 6.17. The molecule has 0 bridgehead atoms. The Morgan fingerprint density at radius 2 is 1.72 bits per heavy atom. The molecule has 1 atom stereocenters. The lowest BCUT2D eigenvalue weighted by Gasteiger charge is -2.17. The topological polar surface area (TPSA) is 12.0 Å². The molecule has 1 aromatic carbocycles. The number of hydrogen-bond acceptors (Lipinski definition) is 2. The molecule has 2 aromatic rings. The van der Waals surface area contributed by atoms with E-state index in [4.69, 9.17) is 0 Å². The fraction of sp³-hybridized carbons (Fsp3) is 0.375. The zero-order chi connectivity index (χ0) is 13.0. The molecule has 2 rings (SSSR count). The Labute approximate surface area is 114 Å². The third kappa shape index (κ3) is 3.21. The van der Waals surface area contributed by atoms with Crippen molar-refractivity contribution in [3.8, 4) is 0 Å². The van der Waals surface area contributed by atoms with E-state index >= 15 is 0 Å². The molecule has 1 aromatic heterocycles. The van der Waals surface area contributed by atoms with Crippen molar-refractivity contribution in [3.05, 3.63) is 57.8 Å². The molecule has 0 radical (unpaired) electrons. The Morgan fingerprint density at radius 1 is 1.06 bits per heavy atom. The van der Waals surface area contributed by atoms with Gasteiger partial charge < -0.3 is 5.32 Å². The van der Waals surface area contributed by atoms with E-state index in [9.17, 15) is 0 Å². The first-order valence-corrected chi connectivity index (χ1v) is 7.43. The molecule has 0 aliphatic carbocycles. The maximum Gasteiger partial charge on any atom is 0.0358 e. The highest BCUT2D eigenvalue weighted by Crippen LogP contribution is 2.22. The Kier molecular flexibility index (Phi) is 4.56. The summed E-state index contributed by atoms with van der Waals surface area (Å²) in [6.45, 7) is 4.46. The van der Waals surface area contributed by atoms with Crippen LogP contribution >= 0.6 is 11.3 Å². The van der Waals surface area contributed by atoms with Crippen LogP contribution in [0.15, 0.2) is 41.1 Å². The first-order chi connectivity index (χ1) is 8.70. The highest BCUT2D eigenvalue weighted by molar-refractivity contribution is 7.07. The molecule has 0 saturated heterocycles. The Bertz CT molecular complexity index is 456. The molecule has 0 amide bonds. The van der Waals surface area contributed by atoms with E-state index in [-0.39, 0.29) is 0 Å². The van der Waals surface area contributed by atoms with E-state index in [0.717, 1.165) is 6.42 Å². The van der Waals surface area contributed by atoms with Crippen molar-refractivity contribution in [2.24, 2.45) is 0 Å². The quantitative estimate of drug-likeness (QED) is 0.840. The molecule has 0 aliphatic heterocycles. The molecule has 0 saturated carbocycles. The molecule has 1 N–H and O–H groups in total. The van der Waals surface area contributed by atoms with Crippen LogP contribution in [0.5, 0.6) is 0 Å². The van der Waals surface area contributed by atoms with Gasteiger partial charge in [-0.3, -0.25) is 0 Å². The van der Waals surface area contributed by atoms with Gasteiger partial charge >= 0.3 is 0 Å². The fourth-order valence-electron chi connectivity index (χ4n) is 2.14. The van der Waals surface area contributed by atoms with Gasteiger partial charge in [0.25, 0.3) is 0 Å². The van der Waals surface area contributed by atoms with Crippen LogP contribution in [0, 0.1) is 0 Å². The van der Waals surface area contributed by atoms with Crippen LogP contribution in [-0.4, -0.2) is 7.05 Å². The molecule has 96 valence electrons. The molecule has 1 nitrogen and oxygen atoms in total. The van der Waals surface area contributed by atoms with Gasteiger partial charge in [-0.2, -0.15) is 11.3 Å². The summed E-state index contributed by atoms with van der Waals surface area (Å²) in [6, 6.07) is 11.6. The van der Waals surface area contributed by atoms with Gasteiger partial charge in [-0.05, 0) is 52.9 Å². The van der Waals surface area contributed by atoms with E-state index in [2.05, 4.69) is 60.3 Å². The molecule has 0 aliphatic rings. The van der Waals surface area contributed by atoms with E-state index in [1.54, 1.807) is 11.3 Å². The van der Waals surface area contributed by atoms with E-state index in [1.807, 2.05) is 7.05 Å². The monoisotopic (exact) mass is 259 g/mol. The van der Waals surface area contributed by atoms with Crippen molar-refractivity contribution in [2.45, 2.75) is 32.2 Å². The summed E-state index contributed by atoms with van der Waals surface area (Å²) in [4.78, 5) is 0. The average molecular weight is 259 g/mol. The minimum absolute atomic E-state index is 0.404. The van der Waals surface area contributed by atoms with Crippen LogP contribution < -0.4 is 5.32 Å². The van der Waals surface area contributed by atoms with Crippen LogP contribution in [0.4, 0.5) is 0 Å². The van der Waals surface area contributed by atoms with Gasteiger partial charge in [0.05, 0.1) is 0 Å². The highest BCUT2D eigenvalue weighted by atomic mass is 32.1. The zero-order valence-corrected chi connectivity index (χ0v) is 12.1. The standard InChI is InChI=1S/C16H21NS/c1-12(2)14-4-6-15(7-5-14)16(17-3)10-13-8-9-18-11-13/h4-9,11-12,16-17H,10H2,1-3H3. The SMILES string of the molecule is CNC(Cc1ccsc1)c1ccc(C(C)C)cc1. The molecule has 0 fully saturated rings. The molecule has 18 heavy (non-hydrogen) atoms. The Balaban J connectivity index is 2.12. The first kappa shape index (κ1) is 13.3. The second-order valence-corrected chi connectivity index (χ2v) is 5.78.